The van der Waals surface area contributed by atoms with Gasteiger partial charge in [0.2, 0.25) is 0 Å². The molecule has 0 saturated heterocycles. The van der Waals surface area contributed by atoms with Gasteiger partial charge in [0.25, 0.3) is 0 Å². The Bertz CT molecular complexity index is 1090. The Morgan fingerprint density at radius 2 is 1.81 bits per heavy atom. The average molecular weight is 506 g/mol. The summed E-state index contributed by atoms with van der Waals surface area (Å²) < 4.78 is 35.0. The minimum absolute atomic E-state index is 0.216. The van der Waals surface area contributed by atoms with Gasteiger partial charge in [-0.3, -0.25) is 0 Å². The normalized spacial score (nSPS) is 10.9. The van der Waals surface area contributed by atoms with Crippen molar-refractivity contribution < 1.29 is 23.4 Å². The molecule has 0 saturated carbocycles. The van der Waals surface area contributed by atoms with E-state index in [-0.39, 0.29) is 11.4 Å². The Morgan fingerprint density at radius 3 is 2.44 bits per heavy atom. The molecule has 2 amide bonds. The molecular weight excluding hydrogens is 481 g/mol. The predicted octanol–water partition coefficient (Wildman–Crippen LogP) is 5.24. The van der Waals surface area contributed by atoms with E-state index >= 15 is 0 Å². The number of hydrogen-bond acceptors (Lipinski definition) is 4. The van der Waals surface area contributed by atoms with Gasteiger partial charge < -0.3 is 5.11 Å². The Balaban J connectivity index is 1.80. The van der Waals surface area contributed by atoms with Crippen LogP contribution in [0.1, 0.15) is 6.42 Å². The number of carbonyl (C=O) groups excluding carboxylic acids is 1. The SMILES string of the molecule is Cn1ncc(F)c1-c1cc(NC(=O)Nc2ccc(F)c(O)c2)ccc1OCCC[As](C)C. The van der Waals surface area contributed by atoms with E-state index in [1.165, 1.54) is 10.7 Å². The molecule has 0 aliphatic carbocycles. The number of rotatable bonds is 8. The number of aromatic hydroxyl groups is 1. The molecule has 1 aromatic heterocycles. The second kappa shape index (κ2) is 10.5. The summed E-state index contributed by atoms with van der Waals surface area (Å²) in [7, 11) is 1.63. The van der Waals surface area contributed by atoms with Gasteiger partial charge in [0.15, 0.2) is 11.6 Å². The van der Waals surface area contributed by atoms with Gasteiger partial charge in [0.05, 0.1) is 0 Å². The third-order valence-corrected chi connectivity index (χ3v) is 7.14. The number of benzene rings is 2. The van der Waals surface area contributed by atoms with E-state index < -0.39 is 38.1 Å². The van der Waals surface area contributed by atoms with Gasteiger partial charge in [-0.15, -0.1) is 0 Å². The Kier molecular flexibility index (Phi) is 7.74. The van der Waals surface area contributed by atoms with Crippen LogP contribution in [0, 0.1) is 11.6 Å². The summed E-state index contributed by atoms with van der Waals surface area (Å²) in [5.41, 5.74) is 5.87. The van der Waals surface area contributed by atoms with E-state index in [4.69, 9.17) is 4.74 Å². The van der Waals surface area contributed by atoms with Crippen LogP contribution in [0.5, 0.6) is 11.5 Å². The first-order chi connectivity index (χ1) is 15.2. The summed E-state index contributed by atoms with van der Waals surface area (Å²) in [6.07, 6.45) is 2.05. The van der Waals surface area contributed by atoms with E-state index in [1.807, 2.05) is 0 Å². The van der Waals surface area contributed by atoms with E-state index in [2.05, 4.69) is 27.2 Å². The number of aryl methyl sites for hydroxylation is 1. The van der Waals surface area contributed by atoms with Crippen LogP contribution in [0.4, 0.5) is 25.0 Å². The molecule has 0 aliphatic rings. The zero-order valence-corrected chi connectivity index (χ0v) is 19.9. The van der Waals surface area contributed by atoms with Crippen molar-refractivity contribution in [2.45, 2.75) is 23.1 Å². The van der Waals surface area contributed by atoms with Crippen LogP contribution in [0.2, 0.25) is 16.6 Å². The van der Waals surface area contributed by atoms with Crippen molar-refractivity contribution in [2.24, 2.45) is 7.05 Å². The van der Waals surface area contributed by atoms with Crippen LogP contribution >= 0.6 is 0 Å². The topological polar surface area (TPSA) is 88.4 Å². The van der Waals surface area contributed by atoms with Gasteiger partial charge in [0, 0.05) is 6.07 Å². The second-order valence-electron chi connectivity index (χ2n) is 7.43. The molecule has 1 heterocycles. The van der Waals surface area contributed by atoms with E-state index in [0.717, 1.165) is 30.0 Å². The fourth-order valence-corrected chi connectivity index (χ4v) is 4.68. The van der Waals surface area contributed by atoms with Crippen molar-refractivity contribution in [1.82, 2.24) is 9.78 Å². The van der Waals surface area contributed by atoms with Gasteiger partial charge in [-0.1, -0.05) is 0 Å². The van der Waals surface area contributed by atoms with Gasteiger partial charge in [-0.25, -0.2) is 4.39 Å². The summed E-state index contributed by atoms with van der Waals surface area (Å²) in [6, 6.07) is 7.78. The molecule has 0 fully saturated rings. The van der Waals surface area contributed by atoms with Crippen molar-refractivity contribution in [1.29, 1.82) is 0 Å². The molecule has 0 spiro atoms. The van der Waals surface area contributed by atoms with Crippen molar-refractivity contribution in [3.8, 4) is 22.8 Å². The van der Waals surface area contributed by atoms with Crippen LogP contribution in [-0.2, 0) is 7.05 Å². The number of anilines is 2. The standard InChI is InChI=1S/C22H25AsF2N4O3/c1-23(2)9-4-10-32-20-8-6-14(11-16(20)21-18(25)13-26-29(21)3)27-22(31)28-15-5-7-17(24)19(30)12-15/h5-8,11-13,30H,4,9-10H2,1-3H3,(H2,27,28,31). The van der Waals surface area contributed by atoms with Crippen molar-refractivity contribution >= 4 is 32.1 Å². The van der Waals surface area contributed by atoms with E-state index in [9.17, 15) is 18.7 Å². The summed E-state index contributed by atoms with van der Waals surface area (Å²) in [4.78, 5) is 12.4. The fraction of sp³-hybridized carbons (Fsp3) is 0.273. The van der Waals surface area contributed by atoms with Gasteiger partial charge in [-0.2, -0.15) is 0 Å². The number of phenolic OH excluding ortho intramolecular Hbond substituents is 1. The zero-order chi connectivity index (χ0) is 23.3. The molecule has 32 heavy (non-hydrogen) atoms. The number of aromatic nitrogens is 2. The van der Waals surface area contributed by atoms with Crippen LogP contribution in [0.3, 0.4) is 0 Å². The van der Waals surface area contributed by atoms with E-state index in [0.29, 0.717) is 23.6 Å². The van der Waals surface area contributed by atoms with Gasteiger partial charge in [-0.05, 0) is 12.1 Å². The number of nitrogens with one attached hydrogen (secondary N) is 2. The fourth-order valence-electron chi connectivity index (χ4n) is 3.08. The van der Waals surface area contributed by atoms with Crippen molar-refractivity contribution in [2.75, 3.05) is 17.2 Å². The maximum atomic E-state index is 14.4. The second-order valence-corrected chi connectivity index (χ2v) is 12.9. The van der Waals surface area contributed by atoms with Crippen molar-refractivity contribution in [3.05, 3.63) is 54.2 Å². The molecule has 2 aromatic carbocycles. The Labute approximate surface area is 189 Å². The number of hydrogen-bond donors (Lipinski definition) is 3. The molecule has 170 valence electrons. The molecule has 0 atom stereocenters. The van der Waals surface area contributed by atoms with Crippen LogP contribution < -0.4 is 15.4 Å². The summed E-state index contributed by atoms with van der Waals surface area (Å²) >= 11 is -0.741. The molecule has 0 radical (unpaired) electrons. The van der Waals surface area contributed by atoms with Crippen molar-refractivity contribution in [3.63, 3.8) is 0 Å². The number of carbonyl (C=O) groups is 1. The molecule has 3 aromatic rings. The Morgan fingerprint density at radius 1 is 1.12 bits per heavy atom. The molecule has 3 rings (SSSR count). The maximum absolute atomic E-state index is 14.4. The Hall–Kier alpha value is -3.06. The molecule has 0 bridgehead atoms. The van der Waals surface area contributed by atoms with Crippen LogP contribution in [-0.4, -0.2) is 42.2 Å². The molecule has 0 aliphatic heterocycles. The number of nitrogens with zero attached hydrogens (tertiary/aromatic N) is 2. The first kappa shape index (κ1) is 23.6. The summed E-state index contributed by atoms with van der Waals surface area (Å²) in [6.45, 7) is 0.515. The molecule has 0 unspecified atom stereocenters. The minimum atomic E-state index is -0.787. The predicted molar refractivity (Wildman–Crippen MR) is 122 cm³/mol. The number of amides is 2. The number of phenols is 1. The van der Waals surface area contributed by atoms with Gasteiger partial charge in [0.1, 0.15) is 0 Å². The summed E-state index contributed by atoms with van der Waals surface area (Å²) in [5, 5.41) is 19.7. The molecular formula is C22H25AsF2N4O3. The first-order valence-corrected chi connectivity index (χ1v) is 15.0. The number of halogens is 2. The molecule has 10 heteroatoms. The molecule has 7 nitrogen and oxygen atoms in total. The summed E-state index contributed by atoms with van der Waals surface area (Å²) in [5.74, 6) is -1.37. The number of urea groups is 1. The quantitative estimate of drug-likeness (QED) is 0.288. The van der Waals surface area contributed by atoms with Crippen LogP contribution in [0.15, 0.2) is 42.6 Å². The van der Waals surface area contributed by atoms with Gasteiger partial charge >= 0.3 is 150 Å². The molecule has 3 N–H and O–H groups in total. The monoisotopic (exact) mass is 506 g/mol. The van der Waals surface area contributed by atoms with E-state index in [1.54, 1.807) is 25.2 Å². The third kappa shape index (κ3) is 6.00. The average Bonchev–Trinajstić information content (AvgIpc) is 3.06. The third-order valence-electron chi connectivity index (χ3n) is 4.60. The zero-order valence-electron chi connectivity index (χ0n) is 18.0. The van der Waals surface area contributed by atoms with Crippen LogP contribution in [0.25, 0.3) is 11.3 Å². The number of ether oxygens (including phenoxy) is 1. The first-order valence-electron chi connectivity index (χ1n) is 9.90.